The van der Waals surface area contributed by atoms with Crippen LogP contribution >= 0.6 is 0 Å². The van der Waals surface area contributed by atoms with Crippen LogP contribution in [0.1, 0.15) is 33.6 Å². The Hall–Kier alpha value is -0.160. The molecule has 0 saturated carbocycles. The highest BCUT2D eigenvalue weighted by molar-refractivity contribution is 4.82. The second-order valence-electron chi connectivity index (χ2n) is 4.97. The molecule has 0 spiro atoms. The number of hydrogen-bond acceptors (Lipinski definition) is 4. The smallest absolute Gasteiger partial charge is 0.0639 e. The van der Waals surface area contributed by atoms with Crippen LogP contribution in [0.25, 0.3) is 0 Å². The van der Waals surface area contributed by atoms with Gasteiger partial charge in [0, 0.05) is 12.0 Å². The van der Waals surface area contributed by atoms with Gasteiger partial charge < -0.3 is 20.4 Å². The van der Waals surface area contributed by atoms with Crippen LogP contribution in [0, 0.1) is 11.3 Å². The molecule has 0 rings (SSSR count). The lowest BCUT2D eigenvalue weighted by molar-refractivity contribution is -0.0388. The fourth-order valence-electron chi connectivity index (χ4n) is 1.69. The fraction of sp³-hybridized carbons (Fsp3) is 1.00. The predicted molar refractivity (Wildman–Crippen MR) is 58.4 cm³/mol. The van der Waals surface area contributed by atoms with Crippen molar-refractivity contribution in [1.29, 1.82) is 0 Å². The number of aliphatic hydroxyl groups excluding tert-OH is 4. The molecule has 4 nitrogen and oxygen atoms in total. The second kappa shape index (κ2) is 6.43. The molecule has 15 heavy (non-hydrogen) atoms. The summed E-state index contributed by atoms with van der Waals surface area (Å²) < 4.78 is 0. The predicted octanol–water partition coefficient (Wildman–Crippen LogP) is 0.135. The molecule has 4 N–H and O–H groups in total. The zero-order valence-electron chi connectivity index (χ0n) is 9.85. The minimum absolute atomic E-state index is 0.0482. The molecule has 0 aliphatic heterocycles. The van der Waals surface area contributed by atoms with E-state index in [1.807, 2.05) is 6.92 Å². The lowest BCUT2D eigenvalue weighted by atomic mass is 9.79. The van der Waals surface area contributed by atoms with E-state index in [0.29, 0.717) is 12.8 Å². The first kappa shape index (κ1) is 14.8. The zero-order chi connectivity index (χ0) is 12.1. The van der Waals surface area contributed by atoms with Crippen LogP contribution in [0.15, 0.2) is 0 Å². The minimum Gasteiger partial charge on any atom is -0.396 e. The first-order valence-corrected chi connectivity index (χ1v) is 5.43. The quantitative estimate of drug-likeness (QED) is 0.492. The van der Waals surface area contributed by atoms with Gasteiger partial charge in [0.05, 0.1) is 18.8 Å². The summed E-state index contributed by atoms with van der Waals surface area (Å²) in [5.74, 6) is -0.103. The molecule has 0 aromatic rings. The van der Waals surface area contributed by atoms with Crippen molar-refractivity contribution in [1.82, 2.24) is 0 Å². The molecule has 0 fully saturated rings. The molecule has 0 heterocycles. The van der Waals surface area contributed by atoms with Crippen LogP contribution in [-0.4, -0.2) is 45.8 Å². The summed E-state index contributed by atoms with van der Waals surface area (Å²) in [4.78, 5) is 0. The molecule has 0 aromatic carbocycles. The Balaban J connectivity index is 4.14. The van der Waals surface area contributed by atoms with Gasteiger partial charge in [-0.25, -0.2) is 0 Å². The van der Waals surface area contributed by atoms with Gasteiger partial charge in [0.1, 0.15) is 0 Å². The lowest BCUT2D eigenvalue weighted by Gasteiger charge is -2.33. The Morgan fingerprint density at radius 2 is 1.67 bits per heavy atom. The lowest BCUT2D eigenvalue weighted by Crippen LogP contribution is -2.39. The molecule has 3 atom stereocenters. The van der Waals surface area contributed by atoms with Gasteiger partial charge in [-0.3, -0.25) is 0 Å². The Labute approximate surface area is 91.6 Å². The van der Waals surface area contributed by atoms with Crippen molar-refractivity contribution in [3.05, 3.63) is 0 Å². The highest BCUT2D eigenvalue weighted by atomic mass is 16.3. The van der Waals surface area contributed by atoms with Crippen molar-refractivity contribution in [2.45, 2.75) is 45.8 Å². The molecule has 92 valence electrons. The van der Waals surface area contributed by atoms with Crippen molar-refractivity contribution in [2.75, 3.05) is 13.2 Å². The molecule has 0 aromatic heterocycles. The normalized spacial score (nSPS) is 18.6. The highest BCUT2D eigenvalue weighted by Gasteiger charge is 2.32. The molecule has 0 amide bonds. The first-order valence-electron chi connectivity index (χ1n) is 5.43. The summed E-state index contributed by atoms with van der Waals surface area (Å²) in [6.07, 6.45) is -0.480. The maximum Gasteiger partial charge on any atom is 0.0639 e. The van der Waals surface area contributed by atoms with Crippen molar-refractivity contribution in [2.24, 2.45) is 11.3 Å². The third-order valence-corrected chi connectivity index (χ3v) is 2.85. The summed E-state index contributed by atoms with van der Waals surface area (Å²) in [7, 11) is 0. The first-order chi connectivity index (χ1) is 6.85. The van der Waals surface area contributed by atoms with Gasteiger partial charge in [-0.2, -0.15) is 0 Å². The Kier molecular flexibility index (Phi) is 6.36. The van der Waals surface area contributed by atoms with E-state index >= 15 is 0 Å². The van der Waals surface area contributed by atoms with Gasteiger partial charge in [0.25, 0.3) is 0 Å². The van der Waals surface area contributed by atoms with Crippen LogP contribution in [0.4, 0.5) is 0 Å². The van der Waals surface area contributed by atoms with E-state index in [-0.39, 0.29) is 19.1 Å². The summed E-state index contributed by atoms with van der Waals surface area (Å²) in [6.45, 7) is 5.27. The van der Waals surface area contributed by atoms with Crippen LogP contribution < -0.4 is 0 Å². The topological polar surface area (TPSA) is 80.9 Å². The van der Waals surface area contributed by atoms with E-state index in [4.69, 9.17) is 10.2 Å². The molecule has 0 aliphatic rings. The summed E-state index contributed by atoms with van der Waals surface area (Å²) >= 11 is 0. The summed E-state index contributed by atoms with van der Waals surface area (Å²) in [5.41, 5.74) is -0.557. The Morgan fingerprint density at radius 1 is 1.13 bits per heavy atom. The molecule has 3 unspecified atom stereocenters. The monoisotopic (exact) mass is 220 g/mol. The molecule has 4 heteroatoms. The molecular formula is C11H24O4. The van der Waals surface area contributed by atoms with Gasteiger partial charge in [-0.1, -0.05) is 20.8 Å². The maximum atomic E-state index is 9.93. The van der Waals surface area contributed by atoms with Gasteiger partial charge in [0.15, 0.2) is 0 Å². The second-order valence-corrected chi connectivity index (χ2v) is 4.97. The SMILES string of the molecule is CC(CC(O)CCO)C(O)C(C)(C)CO. The Morgan fingerprint density at radius 3 is 2.07 bits per heavy atom. The average Bonchev–Trinajstić information content (AvgIpc) is 2.16. The van der Waals surface area contributed by atoms with Gasteiger partial charge >= 0.3 is 0 Å². The minimum atomic E-state index is -0.657. The van der Waals surface area contributed by atoms with Crippen molar-refractivity contribution < 1.29 is 20.4 Å². The fourth-order valence-corrected chi connectivity index (χ4v) is 1.69. The van der Waals surface area contributed by atoms with Crippen molar-refractivity contribution in [3.8, 4) is 0 Å². The van der Waals surface area contributed by atoms with E-state index in [0.717, 1.165) is 0 Å². The number of rotatable bonds is 7. The zero-order valence-corrected chi connectivity index (χ0v) is 9.85. The van der Waals surface area contributed by atoms with Gasteiger partial charge in [-0.15, -0.1) is 0 Å². The number of hydrogen-bond donors (Lipinski definition) is 4. The molecule has 0 aliphatic carbocycles. The summed E-state index contributed by atoms with van der Waals surface area (Å²) in [5, 5.41) is 37.1. The highest BCUT2D eigenvalue weighted by Crippen LogP contribution is 2.28. The molecule has 0 bridgehead atoms. The molecule has 0 radical (unpaired) electrons. The Bertz CT molecular complexity index is 170. The standard InChI is InChI=1S/C11H24O4/c1-8(6-9(14)4-5-12)10(15)11(2,3)7-13/h8-10,12-15H,4-7H2,1-3H3. The molecular weight excluding hydrogens is 196 g/mol. The third-order valence-electron chi connectivity index (χ3n) is 2.85. The van der Waals surface area contributed by atoms with Gasteiger partial charge in [-0.05, 0) is 18.8 Å². The third kappa shape index (κ3) is 4.93. The van der Waals surface area contributed by atoms with Crippen LogP contribution in [0.3, 0.4) is 0 Å². The van der Waals surface area contributed by atoms with E-state index in [2.05, 4.69) is 0 Å². The van der Waals surface area contributed by atoms with Crippen LogP contribution in [0.2, 0.25) is 0 Å². The van der Waals surface area contributed by atoms with Crippen molar-refractivity contribution in [3.63, 3.8) is 0 Å². The van der Waals surface area contributed by atoms with Crippen LogP contribution in [-0.2, 0) is 0 Å². The van der Waals surface area contributed by atoms with E-state index in [1.165, 1.54) is 0 Å². The van der Waals surface area contributed by atoms with E-state index in [9.17, 15) is 10.2 Å². The van der Waals surface area contributed by atoms with Crippen molar-refractivity contribution >= 4 is 0 Å². The van der Waals surface area contributed by atoms with Crippen LogP contribution in [0.5, 0.6) is 0 Å². The van der Waals surface area contributed by atoms with E-state index < -0.39 is 17.6 Å². The average molecular weight is 220 g/mol. The molecule has 0 saturated heterocycles. The maximum absolute atomic E-state index is 9.93. The largest absolute Gasteiger partial charge is 0.396 e. The van der Waals surface area contributed by atoms with E-state index in [1.54, 1.807) is 13.8 Å². The summed E-state index contributed by atoms with van der Waals surface area (Å²) in [6, 6.07) is 0. The number of aliphatic hydroxyl groups is 4. The van der Waals surface area contributed by atoms with Gasteiger partial charge in [0.2, 0.25) is 0 Å².